The van der Waals surface area contributed by atoms with Crippen LogP contribution in [0.3, 0.4) is 0 Å². The first-order valence-corrected chi connectivity index (χ1v) is 9.11. The number of aromatic amines is 1. The van der Waals surface area contributed by atoms with Gasteiger partial charge < -0.3 is 10.1 Å². The Labute approximate surface area is 140 Å². The lowest BCUT2D eigenvalue weighted by atomic mass is 9.99. The Balaban J connectivity index is 1.60. The van der Waals surface area contributed by atoms with E-state index in [1.54, 1.807) is 0 Å². The molecule has 2 heterocycles. The Hall–Kier alpha value is -1.53. The molecule has 3 rings (SSSR count). The maximum atomic E-state index is 12.3. The summed E-state index contributed by atoms with van der Waals surface area (Å²) in [6, 6.07) is 7.86. The van der Waals surface area contributed by atoms with Crippen LogP contribution in [-0.4, -0.2) is 46.4 Å². The van der Waals surface area contributed by atoms with Crippen LogP contribution in [0.1, 0.15) is 25.5 Å². The zero-order valence-electron chi connectivity index (χ0n) is 13.4. The van der Waals surface area contributed by atoms with Crippen molar-refractivity contribution >= 4 is 28.6 Å². The van der Waals surface area contributed by atoms with Gasteiger partial charge in [-0.15, -0.1) is 0 Å². The second-order valence-electron chi connectivity index (χ2n) is 5.90. The number of nitrogens with one attached hydrogen (secondary N) is 2. The molecule has 1 aliphatic heterocycles. The molecule has 1 aromatic carbocycles. The number of carbonyl (C=O) groups is 1. The van der Waals surface area contributed by atoms with Crippen LogP contribution in [-0.2, 0) is 16.0 Å². The summed E-state index contributed by atoms with van der Waals surface area (Å²) in [7, 11) is 0. The number of ether oxygens (including phenoxy) is 1. The first kappa shape index (κ1) is 16.3. The van der Waals surface area contributed by atoms with Crippen molar-refractivity contribution < 1.29 is 9.53 Å². The summed E-state index contributed by atoms with van der Waals surface area (Å²) in [5, 5.41) is 11.4. The van der Waals surface area contributed by atoms with Crippen molar-refractivity contribution in [1.29, 1.82) is 0 Å². The predicted molar refractivity (Wildman–Crippen MR) is 93.7 cm³/mol. The minimum atomic E-state index is 0.0435. The van der Waals surface area contributed by atoms with Crippen molar-refractivity contribution in [3.63, 3.8) is 0 Å². The molecule has 2 N–H and O–H groups in total. The van der Waals surface area contributed by atoms with Crippen molar-refractivity contribution in [2.75, 3.05) is 25.5 Å². The number of H-pyrrole nitrogens is 1. The average Bonchev–Trinajstić information content (AvgIpc) is 2.98. The molecular formula is C17H23N3O2S. The van der Waals surface area contributed by atoms with E-state index in [0.717, 1.165) is 48.4 Å². The number of nitrogens with zero attached hydrogens (tertiary/aromatic N) is 1. The van der Waals surface area contributed by atoms with Crippen molar-refractivity contribution in [1.82, 2.24) is 15.5 Å². The minimum Gasteiger partial charge on any atom is -0.381 e. The number of thioether (sulfide) groups is 1. The fraction of sp³-hybridized carbons (Fsp3) is 0.529. The number of benzene rings is 1. The summed E-state index contributed by atoms with van der Waals surface area (Å²) in [6.07, 6.45) is 2.33. The zero-order valence-corrected chi connectivity index (χ0v) is 14.2. The van der Waals surface area contributed by atoms with Crippen LogP contribution in [0.4, 0.5) is 0 Å². The first-order chi connectivity index (χ1) is 11.2. The molecule has 124 valence electrons. The van der Waals surface area contributed by atoms with Gasteiger partial charge in [0.25, 0.3) is 0 Å². The topological polar surface area (TPSA) is 67.0 Å². The van der Waals surface area contributed by atoms with Gasteiger partial charge in [-0.2, -0.15) is 16.9 Å². The Morgan fingerprint density at radius 1 is 1.39 bits per heavy atom. The van der Waals surface area contributed by atoms with E-state index in [1.165, 1.54) is 0 Å². The maximum Gasteiger partial charge on any atom is 0.226 e. The summed E-state index contributed by atoms with van der Waals surface area (Å²) in [5.74, 6) is 1.10. The normalized spacial score (nSPS) is 17.3. The quantitative estimate of drug-likeness (QED) is 0.852. The Morgan fingerprint density at radius 3 is 2.96 bits per heavy atom. The zero-order chi connectivity index (χ0) is 16.1. The highest BCUT2D eigenvalue weighted by Gasteiger charge is 2.33. The van der Waals surface area contributed by atoms with Gasteiger partial charge in [-0.05, 0) is 24.7 Å². The van der Waals surface area contributed by atoms with Gasteiger partial charge in [0.1, 0.15) is 0 Å². The van der Waals surface area contributed by atoms with Gasteiger partial charge in [0.15, 0.2) is 0 Å². The molecule has 23 heavy (non-hydrogen) atoms. The lowest BCUT2D eigenvalue weighted by Gasteiger charge is -2.36. The number of carbonyl (C=O) groups excluding carboxylic acids is 1. The van der Waals surface area contributed by atoms with Crippen LogP contribution < -0.4 is 5.32 Å². The van der Waals surface area contributed by atoms with Crippen LogP contribution in [0.15, 0.2) is 24.3 Å². The van der Waals surface area contributed by atoms with E-state index in [9.17, 15) is 4.79 Å². The van der Waals surface area contributed by atoms with E-state index in [4.69, 9.17) is 4.74 Å². The first-order valence-electron chi connectivity index (χ1n) is 8.13. The van der Waals surface area contributed by atoms with Gasteiger partial charge in [-0.1, -0.05) is 25.1 Å². The molecule has 1 fully saturated rings. The average molecular weight is 333 g/mol. The van der Waals surface area contributed by atoms with Crippen LogP contribution >= 0.6 is 11.8 Å². The number of aromatic nitrogens is 2. The van der Waals surface area contributed by atoms with Gasteiger partial charge in [0.05, 0.1) is 17.6 Å². The van der Waals surface area contributed by atoms with Crippen LogP contribution in [0.5, 0.6) is 0 Å². The van der Waals surface area contributed by atoms with E-state index in [0.29, 0.717) is 13.0 Å². The van der Waals surface area contributed by atoms with Gasteiger partial charge in [-0.25, -0.2) is 0 Å². The standard InChI is InChI=1S/C17H23N3O2S/c1-2-23-17(7-9-22-10-8-17)12-18-16(21)11-15-13-5-3-4-6-14(13)19-20-15/h3-6H,2,7-12H2,1H3,(H,18,21)(H,19,20). The van der Waals surface area contributed by atoms with E-state index >= 15 is 0 Å². The van der Waals surface area contributed by atoms with Gasteiger partial charge in [-0.3, -0.25) is 9.89 Å². The molecule has 1 aromatic heterocycles. The van der Waals surface area contributed by atoms with Crippen molar-refractivity contribution in [2.24, 2.45) is 0 Å². The molecule has 2 aromatic rings. The highest BCUT2D eigenvalue weighted by atomic mass is 32.2. The van der Waals surface area contributed by atoms with Crippen LogP contribution in [0.25, 0.3) is 10.9 Å². The molecule has 0 unspecified atom stereocenters. The van der Waals surface area contributed by atoms with E-state index in [2.05, 4.69) is 22.4 Å². The second-order valence-corrected chi connectivity index (χ2v) is 7.63. The summed E-state index contributed by atoms with van der Waals surface area (Å²) in [6.45, 7) is 4.45. The summed E-state index contributed by atoms with van der Waals surface area (Å²) in [4.78, 5) is 12.3. The molecule has 0 saturated carbocycles. The molecule has 5 nitrogen and oxygen atoms in total. The van der Waals surface area contributed by atoms with E-state index in [1.807, 2.05) is 36.0 Å². The third-order valence-corrected chi connectivity index (χ3v) is 5.79. The molecule has 0 radical (unpaired) electrons. The number of amides is 1. The third-order valence-electron chi connectivity index (χ3n) is 4.34. The minimum absolute atomic E-state index is 0.0435. The number of hydrogen-bond donors (Lipinski definition) is 2. The Kier molecular flexibility index (Phi) is 5.23. The van der Waals surface area contributed by atoms with E-state index in [-0.39, 0.29) is 10.7 Å². The summed E-state index contributed by atoms with van der Waals surface area (Å²) in [5.41, 5.74) is 1.78. The highest BCUT2D eigenvalue weighted by molar-refractivity contribution is 8.00. The molecule has 0 bridgehead atoms. The number of para-hydroxylation sites is 1. The molecule has 0 spiro atoms. The number of hydrogen-bond acceptors (Lipinski definition) is 4. The largest absolute Gasteiger partial charge is 0.381 e. The summed E-state index contributed by atoms with van der Waals surface area (Å²) < 4.78 is 5.60. The highest BCUT2D eigenvalue weighted by Crippen LogP contribution is 2.34. The second kappa shape index (κ2) is 7.36. The lowest BCUT2D eigenvalue weighted by molar-refractivity contribution is -0.120. The molecule has 6 heteroatoms. The third kappa shape index (κ3) is 3.87. The lowest BCUT2D eigenvalue weighted by Crippen LogP contribution is -2.45. The molecule has 1 aliphatic rings. The van der Waals surface area contributed by atoms with Gasteiger partial charge in [0, 0.05) is 29.9 Å². The fourth-order valence-corrected chi connectivity index (χ4v) is 4.30. The Morgan fingerprint density at radius 2 is 2.17 bits per heavy atom. The number of fused-ring (bicyclic) bond motifs is 1. The molecule has 1 saturated heterocycles. The van der Waals surface area contributed by atoms with Gasteiger partial charge >= 0.3 is 0 Å². The molecule has 1 amide bonds. The smallest absolute Gasteiger partial charge is 0.226 e. The van der Waals surface area contributed by atoms with Crippen molar-refractivity contribution in [3.8, 4) is 0 Å². The maximum absolute atomic E-state index is 12.3. The summed E-state index contributed by atoms with van der Waals surface area (Å²) >= 11 is 1.94. The SMILES string of the molecule is CCSC1(CNC(=O)Cc2[nH]nc3ccccc23)CCOCC1. The predicted octanol–water partition coefficient (Wildman–Crippen LogP) is 2.52. The van der Waals surface area contributed by atoms with Crippen molar-refractivity contribution in [2.45, 2.75) is 30.9 Å². The fourth-order valence-electron chi connectivity index (χ4n) is 3.05. The molecule has 0 atom stereocenters. The van der Waals surface area contributed by atoms with E-state index < -0.39 is 0 Å². The van der Waals surface area contributed by atoms with Crippen LogP contribution in [0, 0.1) is 0 Å². The number of rotatable bonds is 6. The molecule has 0 aliphatic carbocycles. The monoisotopic (exact) mass is 333 g/mol. The molecular weight excluding hydrogens is 310 g/mol. The Bertz CT molecular complexity index is 659. The van der Waals surface area contributed by atoms with Crippen LogP contribution in [0.2, 0.25) is 0 Å². The van der Waals surface area contributed by atoms with Crippen molar-refractivity contribution in [3.05, 3.63) is 30.0 Å². The van der Waals surface area contributed by atoms with Gasteiger partial charge in [0.2, 0.25) is 5.91 Å².